The van der Waals surface area contributed by atoms with Crippen LogP contribution in [-0.4, -0.2) is 18.1 Å². The van der Waals surface area contributed by atoms with Crippen LogP contribution in [0.25, 0.3) is 0 Å². The normalized spacial score (nSPS) is 11.5. The lowest BCUT2D eigenvalue weighted by molar-refractivity contribution is 0.397. The number of hydrogen-bond donors (Lipinski definition) is 2. The molecular weight excluding hydrogens is 376 g/mol. The molecule has 0 aliphatic rings. The average Bonchev–Trinajstić information content (AvgIpc) is 2.66. The fourth-order valence-corrected chi connectivity index (χ4v) is 3.75. The Kier molecular flexibility index (Phi) is 8.80. The van der Waals surface area contributed by atoms with Crippen molar-refractivity contribution in [3.8, 4) is 17.2 Å². The first-order valence-corrected chi connectivity index (χ1v) is 11.4. The number of hydrogen-bond acceptors (Lipinski definition) is 4. The zero-order valence-electron chi connectivity index (χ0n) is 16.4. The molecular formula is C22H30O5S. The van der Waals surface area contributed by atoms with Gasteiger partial charge in [0, 0.05) is 0 Å². The summed E-state index contributed by atoms with van der Waals surface area (Å²) in [5.41, 5.74) is 1.19. The van der Waals surface area contributed by atoms with Gasteiger partial charge < -0.3 is 9.84 Å². The molecule has 0 aliphatic heterocycles. The molecule has 0 aliphatic carbocycles. The van der Waals surface area contributed by atoms with Crippen molar-refractivity contribution in [2.75, 3.05) is 0 Å². The molecule has 0 spiro atoms. The molecule has 0 amide bonds. The summed E-state index contributed by atoms with van der Waals surface area (Å²) in [6.45, 7) is 2.23. The van der Waals surface area contributed by atoms with Crippen LogP contribution in [0.15, 0.2) is 47.4 Å². The molecule has 0 heterocycles. The van der Waals surface area contributed by atoms with Crippen molar-refractivity contribution in [3.05, 3.63) is 48.0 Å². The lowest BCUT2D eigenvalue weighted by Gasteiger charge is -2.11. The van der Waals surface area contributed by atoms with Crippen molar-refractivity contribution >= 4 is 10.1 Å². The largest absolute Gasteiger partial charge is 0.504 e. The molecule has 0 radical (unpaired) electrons. The number of phenolic OH excluding ortho intramolecular Hbond substituents is 1. The number of aryl methyl sites for hydroxylation is 1. The number of para-hydroxylation sites is 1. The monoisotopic (exact) mass is 406 g/mol. The molecule has 6 heteroatoms. The molecule has 154 valence electrons. The second-order valence-electron chi connectivity index (χ2n) is 7.05. The lowest BCUT2D eigenvalue weighted by atomic mass is 10.0. The van der Waals surface area contributed by atoms with Gasteiger partial charge in [-0.3, -0.25) is 4.55 Å². The Morgan fingerprint density at radius 1 is 0.857 bits per heavy atom. The number of rotatable bonds is 12. The van der Waals surface area contributed by atoms with E-state index in [1.807, 2.05) is 12.1 Å². The molecule has 0 aromatic heterocycles. The summed E-state index contributed by atoms with van der Waals surface area (Å²) < 4.78 is 37.7. The molecule has 0 atom stereocenters. The van der Waals surface area contributed by atoms with Gasteiger partial charge in [-0.05, 0) is 42.7 Å². The van der Waals surface area contributed by atoms with Gasteiger partial charge in [0.15, 0.2) is 11.5 Å². The molecule has 0 saturated heterocycles. The molecule has 28 heavy (non-hydrogen) atoms. The zero-order valence-corrected chi connectivity index (χ0v) is 17.2. The molecule has 5 nitrogen and oxygen atoms in total. The molecule has 2 N–H and O–H groups in total. The second kappa shape index (κ2) is 11.1. The summed E-state index contributed by atoms with van der Waals surface area (Å²) >= 11 is 0. The Labute approximate surface area is 168 Å². The van der Waals surface area contributed by atoms with Crippen LogP contribution in [-0.2, 0) is 16.5 Å². The smallest absolute Gasteiger partial charge is 0.298 e. The van der Waals surface area contributed by atoms with E-state index >= 15 is 0 Å². The van der Waals surface area contributed by atoms with Gasteiger partial charge >= 0.3 is 0 Å². The molecule has 0 bridgehead atoms. The second-order valence-corrected chi connectivity index (χ2v) is 8.44. The summed E-state index contributed by atoms with van der Waals surface area (Å²) in [6, 6.07) is 11.2. The van der Waals surface area contributed by atoms with E-state index in [-0.39, 0.29) is 11.5 Å². The van der Waals surface area contributed by atoms with Gasteiger partial charge in [0.2, 0.25) is 0 Å². The van der Waals surface area contributed by atoms with Crippen LogP contribution in [0.3, 0.4) is 0 Å². The Hall–Kier alpha value is -2.05. The van der Waals surface area contributed by atoms with Crippen LogP contribution in [0.4, 0.5) is 0 Å². The van der Waals surface area contributed by atoms with Gasteiger partial charge in [0.25, 0.3) is 10.1 Å². The van der Waals surface area contributed by atoms with Crippen LogP contribution < -0.4 is 4.74 Å². The van der Waals surface area contributed by atoms with Crippen LogP contribution in [0, 0.1) is 0 Å². The minimum atomic E-state index is -4.49. The highest BCUT2D eigenvalue weighted by atomic mass is 32.2. The van der Waals surface area contributed by atoms with Gasteiger partial charge in [-0.2, -0.15) is 8.42 Å². The summed E-state index contributed by atoms with van der Waals surface area (Å²) in [5.74, 6) is -0.231. The zero-order chi connectivity index (χ0) is 20.4. The Morgan fingerprint density at radius 2 is 1.46 bits per heavy atom. The maximum absolute atomic E-state index is 11.5. The first-order valence-electron chi connectivity index (χ1n) is 9.98. The third-order valence-electron chi connectivity index (χ3n) is 4.70. The predicted molar refractivity (Wildman–Crippen MR) is 111 cm³/mol. The summed E-state index contributed by atoms with van der Waals surface area (Å²) in [4.78, 5) is -0.462. The third-order valence-corrected chi connectivity index (χ3v) is 5.58. The van der Waals surface area contributed by atoms with Crippen molar-refractivity contribution in [2.45, 2.75) is 69.6 Å². The van der Waals surface area contributed by atoms with E-state index in [2.05, 4.69) is 6.92 Å². The van der Waals surface area contributed by atoms with E-state index in [1.54, 1.807) is 12.1 Å². The van der Waals surface area contributed by atoms with Crippen LogP contribution in [0.1, 0.15) is 63.9 Å². The maximum Gasteiger partial charge on any atom is 0.298 e. The minimum absolute atomic E-state index is 0.277. The molecule has 2 aromatic rings. The van der Waals surface area contributed by atoms with Crippen LogP contribution in [0.2, 0.25) is 0 Å². The predicted octanol–water partition coefficient (Wildman–Crippen LogP) is 6.11. The topological polar surface area (TPSA) is 83.8 Å². The summed E-state index contributed by atoms with van der Waals surface area (Å²) in [5, 5.41) is 9.90. The van der Waals surface area contributed by atoms with Crippen LogP contribution in [0.5, 0.6) is 17.2 Å². The first kappa shape index (κ1) is 22.2. The van der Waals surface area contributed by atoms with Crippen molar-refractivity contribution in [3.63, 3.8) is 0 Å². The summed E-state index contributed by atoms with van der Waals surface area (Å²) in [7, 11) is -4.49. The maximum atomic E-state index is 11.5. The highest BCUT2D eigenvalue weighted by molar-refractivity contribution is 7.86. The molecule has 0 fully saturated rings. The standard InChI is InChI=1S/C22H30O5S/c1-2-3-4-5-6-7-8-9-11-18-14-16-19(17-15-18)27-22-20(23)12-10-13-21(22)28(24,25)26/h10,12-17,23H,2-9,11H2,1H3,(H,24,25,26). The first-order chi connectivity index (χ1) is 13.4. The Bertz CT molecular complexity index is 829. The number of unbranched alkanes of at least 4 members (excludes halogenated alkanes) is 7. The van der Waals surface area contributed by atoms with Gasteiger partial charge in [-0.1, -0.05) is 70.1 Å². The van der Waals surface area contributed by atoms with E-state index in [4.69, 9.17) is 4.74 Å². The van der Waals surface area contributed by atoms with E-state index in [9.17, 15) is 18.1 Å². The van der Waals surface area contributed by atoms with Gasteiger partial charge in [0.1, 0.15) is 10.6 Å². The summed E-state index contributed by atoms with van der Waals surface area (Å²) in [6.07, 6.45) is 11.2. The molecule has 0 saturated carbocycles. The van der Waals surface area contributed by atoms with Crippen molar-refractivity contribution in [2.24, 2.45) is 0 Å². The highest BCUT2D eigenvalue weighted by Gasteiger charge is 2.20. The number of phenols is 1. The molecule has 0 unspecified atom stereocenters. The van der Waals surface area contributed by atoms with Crippen molar-refractivity contribution in [1.82, 2.24) is 0 Å². The lowest BCUT2D eigenvalue weighted by Crippen LogP contribution is -2.01. The van der Waals surface area contributed by atoms with E-state index in [1.165, 1.54) is 68.7 Å². The number of ether oxygens (including phenoxy) is 1. The fourth-order valence-electron chi connectivity index (χ4n) is 3.11. The fraction of sp³-hybridized carbons (Fsp3) is 0.455. The van der Waals surface area contributed by atoms with E-state index in [0.29, 0.717) is 5.75 Å². The number of benzene rings is 2. The molecule has 2 rings (SSSR count). The Balaban J connectivity index is 1.86. The van der Waals surface area contributed by atoms with Crippen molar-refractivity contribution in [1.29, 1.82) is 0 Å². The van der Waals surface area contributed by atoms with Crippen molar-refractivity contribution < 1.29 is 22.8 Å². The van der Waals surface area contributed by atoms with Crippen LogP contribution >= 0.6 is 0 Å². The van der Waals surface area contributed by atoms with E-state index < -0.39 is 15.0 Å². The SMILES string of the molecule is CCCCCCCCCCc1ccc(Oc2c(O)cccc2S(=O)(=O)O)cc1. The third kappa shape index (κ3) is 7.17. The average molecular weight is 407 g/mol. The minimum Gasteiger partial charge on any atom is -0.504 e. The van der Waals surface area contributed by atoms with E-state index in [0.717, 1.165) is 12.8 Å². The molecule has 2 aromatic carbocycles. The Morgan fingerprint density at radius 3 is 2.07 bits per heavy atom. The number of aromatic hydroxyl groups is 1. The van der Waals surface area contributed by atoms with Gasteiger partial charge in [0.05, 0.1) is 0 Å². The van der Waals surface area contributed by atoms with Gasteiger partial charge in [-0.15, -0.1) is 0 Å². The quantitative estimate of drug-likeness (QED) is 0.328. The van der Waals surface area contributed by atoms with Gasteiger partial charge in [-0.25, -0.2) is 0 Å². The highest BCUT2D eigenvalue weighted by Crippen LogP contribution is 2.36.